The highest BCUT2D eigenvalue weighted by Gasteiger charge is 2.33. The Labute approximate surface area is 148 Å². The predicted molar refractivity (Wildman–Crippen MR) is 90.7 cm³/mol. The van der Waals surface area contributed by atoms with E-state index >= 15 is 0 Å². The van der Waals surface area contributed by atoms with Crippen LogP contribution in [0.2, 0.25) is 0 Å². The minimum atomic E-state index is -4.58. The van der Waals surface area contributed by atoms with Crippen LogP contribution < -0.4 is 5.32 Å². The second-order valence-corrected chi connectivity index (χ2v) is 5.90. The zero-order valence-electron chi connectivity index (χ0n) is 14.5. The summed E-state index contributed by atoms with van der Waals surface area (Å²) in [6.45, 7) is 2.99. The lowest BCUT2D eigenvalue weighted by molar-refractivity contribution is -0.141. The number of nitrogens with one attached hydrogen (secondary N) is 1. The first-order chi connectivity index (χ1) is 12.1. The molecule has 2 amide bonds. The van der Waals surface area contributed by atoms with E-state index in [9.17, 15) is 22.8 Å². The molecule has 1 heterocycles. The van der Waals surface area contributed by atoms with Gasteiger partial charge in [0.2, 0.25) is 5.91 Å². The molecular formula is C18H18F3N3O2. The van der Waals surface area contributed by atoms with Gasteiger partial charge in [0.15, 0.2) is 0 Å². The molecule has 0 aliphatic rings. The minimum absolute atomic E-state index is 0.0173. The molecule has 0 atom stereocenters. The summed E-state index contributed by atoms with van der Waals surface area (Å²) in [5.41, 5.74) is 0.542. The number of aryl methyl sites for hydroxylation is 2. The Bertz CT molecular complexity index is 817. The Kier molecular flexibility index (Phi) is 5.64. The molecule has 0 aliphatic heterocycles. The summed E-state index contributed by atoms with van der Waals surface area (Å²) in [6, 6.07) is 8.96. The van der Waals surface area contributed by atoms with Gasteiger partial charge in [0.05, 0.1) is 17.8 Å². The molecule has 2 aromatic rings. The fraction of sp³-hybridized carbons (Fsp3) is 0.278. The van der Waals surface area contributed by atoms with Gasteiger partial charge in [-0.25, -0.2) is 4.98 Å². The highest BCUT2D eigenvalue weighted by Crippen LogP contribution is 2.28. The Morgan fingerprint density at radius 2 is 1.69 bits per heavy atom. The molecule has 1 N–H and O–H groups in total. The largest absolute Gasteiger partial charge is 0.433 e. The Morgan fingerprint density at radius 3 is 2.23 bits per heavy atom. The van der Waals surface area contributed by atoms with E-state index in [-0.39, 0.29) is 17.8 Å². The third-order valence-corrected chi connectivity index (χ3v) is 3.67. The summed E-state index contributed by atoms with van der Waals surface area (Å²) in [7, 11) is 1.40. The highest BCUT2D eigenvalue weighted by molar-refractivity contribution is 5.99. The van der Waals surface area contributed by atoms with Crippen LogP contribution in [0.4, 0.5) is 18.9 Å². The van der Waals surface area contributed by atoms with Crippen LogP contribution in [0.15, 0.2) is 36.4 Å². The highest BCUT2D eigenvalue weighted by atomic mass is 19.4. The van der Waals surface area contributed by atoms with Gasteiger partial charge in [0.25, 0.3) is 5.91 Å². The molecule has 0 unspecified atom stereocenters. The normalized spacial score (nSPS) is 11.2. The number of benzene rings is 1. The molecule has 0 aliphatic carbocycles. The van der Waals surface area contributed by atoms with Crippen molar-refractivity contribution in [2.75, 3.05) is 18.9 Å². The van der Waals surface area contributed by atoms with Crippen molar-refractivity contribution < 1.29 is 22.8 Å². The number of rotatable bonds is 4. The standard InChI is InChI=1S/C18H18F3N3O2/c1-11-4-6-13(7-5-11)23-16(25)10-24(3)17(26)14-8-9-15(18(19,20)21)22-12(14)2/h4-9H,10H2,1-3H3,(H,23,25). The molecule has 0 bridgehead atoms. The fourth-order valence-electron chi connectivity index (χ4n) is 2.28. The van der Waals surface area contributed by atoms with Crippen LogP contribution in [0.3, 0.4) is 0 Å². The summed E-state index contributed by atoms with van der Waals surface area (Å²) in [5, 5.41) is 2.65. The van der Waals surface area contributed by atoms with Crippen LogP contribution in [0.1, 0.15) is 27.3 Å². The third-order valence-electron chi connectivity index (χ3n) is 3.67. The van der Waals surface area contributed by atoms with Crippen molar-refractivity contribution in [3.63, 3.8) is 0 Å². The van der Waals surface area contributed by atoms with Crippen LogP contribution in [0, 0.1) is 13.8 Å². The van der Waals surface area contributed by atoms with Gasteiger partial charge < -0.3 is 10.2 Å². The molecule has 2 rings (SSSR count). The number of aromatic nitrogens is 1. The van der Waals surface area contributed by atoms with Gasteiger partial charge in [0, 0.05) is 12.7 Å². The first kappa shape index (κ1) is 19.4. The molecule has 1 aromatic heterocycles. The van der Waals surface area contributed by atoms with E-state index in [1.165, 1.54) is 14.0 Å². The van der Waals surface area contributed by atoms with E-state index in [2.05, 4.69) is 10.3 Å². The third kappa shape index (κ3) is 4.81. The Hall–Kier alpha value is -2.90. The van der Waals surface area contributed by atoms with Gasteiger partial charge in [-0.2, -0.15) is 13.2 Å². The van der Waals surface area contributed by atoms with Gasteiger partial charge in [-0.1, -0.05) is 17.7 Å². The van der Waals surface area contributed by atoms with Gasteiger partial charge in [-0.3, -0.25) is 9.59 Å². The Morgan fingerprint density at radius 1 is 1.08 bits per heavy atom. The number of hydrogen-bond donors (Lipinski definition) is 1. The van der Waals surface area contributed by atoms with E-state index in [1.807, 2.05) is 19.1 Å². The monoisotopic (exact) mass is 365 g/mol. The number of alkyl halides is 3. The molecule has 5 nitrogen and oxygen atoms in total. The average molecular weight is 365 g/mol. The second-order valence-electron chi connectivity index (χ2n) is 5.90. The van der Waals surface area contributed by atoms with E-state index in [1.54, 1.807) is 12.1 Å². The molecular weight excluding hydrogens is 347 g/mol. The van der Waals surface area contributed by atoms with E-state index < -0.39 is 23.7 Å². The maximum Gasteiger partial charge on any atom is 0.433 e. The number of anilines is 1. The van der Waals surface area contributed by atoms with Crippen molar-refractivity contribution >= 4 is 17.5 Å². The van der Waals surface area contributed by atoms with Gasteiger partial charge in [-0.05, 0) is 38.1 Å². The zero-order valence-corrected chi connectivity index (χ0v) is 14.5. The number of pyridine rings is 1. The van der Waals surface area contributed by atoms with Gasteiger partial charge >= 0.3 is 6.18 Å². The zero-order chi connectivity index (χ0) is 19.5. The molecule has 138 valence electrons. The number of nitrogens with zero attached hydrogens (tertiary/aromatic N) is 2. The summed E-state index contributed by atoms with van der Waals surface area (Å²) in [4.78, 5) is 29.0. The molecule has 0 saturated carbocycles. The number of carbonyl (C=O) groups is 2. The molecule has 8 heteroatoms. The second kappa shape index (κ2) is 7.55. The Balaban J connectivity index is 2.05. The summed E-state index contributed by atoms with van der Waals surface area (Å²) >= 11 is 0. The number of halogens is 3. The van der Waals surface area contributed by atoms with Crippen LogP contribution >= 0.6 is 0 Å². The van der Waals surface area contributed by atoms with Crippen LogP contribution in [-0.2, 0) is 11.0 Å². The molecule has 0 fully saturated rings. The predicted octanol–water partition coefficient (Wildman–Crippen LogP) is 3.43. The van der Waals surface area contributed by atoms with Crippen molar-refractivity contribution in [3.8, 4) is 0 Å². The SMILES string of the molecule is Cc1ccc(NC(=O)CN(C)C(=O)c2ccc(C(F)(F)F)nc2C)cc1. The molecule has 0 spiro atoms. The lowest BCUT2D eigenvalue weighted by Gasteiger charge is -2.18. The van der Waals surface area contributed by atoms with E-state index in [0.29, 0.717) is 5.69 Å². The number of hydrogen-bond acceptors (Lipinski definition) is 3. The van der Waals surface area contributed by atoms with Crippen LogP contribution in [0.25, 0.3) is 0 Å². The van der Waals surface area contributed by atoms with Crippen molar-refractivity contribution in [1.29, 1.82) is 0 Å². The minimum Gasteiger partial charge on any atom is -0.332 e. The fourth-order valence-corrected chi connectivity index (χ4v) is 2.28. The summed E-state index contributed by atoms with van der Waals surface area (Å²) in [6.07, 6.45) is -4.58. The van der Waals surface area contributed by atoms with E-state index in [4.69, 9.17) is 0 Å². The van der Waals surface area contributed by atoms with Gasteiger partial charge in [-0.15, -0.1) is 0 Å². The first-order valence-electron chi connectivity index (χ1n) is 7.75. The van der Waals surface area contributed by atoms with Crippen molar-refractivity contribution in [3.05, 3.63) is 58.9 Å². The number of carbonyl (C=O) groups excluding carboxylic acids is 2. The van der Waals surface area contributed by atoms with E-state index in [0.717, 1.165) is 22.6 Å². The smallest absolute Gasteiger partial charge is 0.332 e. The van der Waals surface area contributed by atoms with Crippen LogP contribution in [0.5, 0.6) is 0 Å². The molecule has 0 saturated heterocycles. The maximum atomic E-state index is 12.7. The average Bonchev–Trinajstić information content (AvgIpc) is 2.55. The van der Waals surface area contributed by atoms with Crippen molar-refractivity contribution in [2.45, 2.75) is 20.0 Å². The summed E-state index contributed by atoms with van der Waals surface area (Å²) in [5.74, 6) is -0.995. The molecule has 26 heavy (non-hydrogen) atoms. The summed E-state index contributed by atoms with van der Waals surface area (Å²) < 4.78 is 38.0. The number of amides is 2. The van der Waals surface area contributed by atoms with Crippen LogP contribution in [-0.4, -0.2) is 35.3 Å². The van der Waals surface area contributed by atoms with Gasteiger partial charge in [0.1, 0.15) is 5.69 Å². The maximum absolute atomic E-state index is 12.7. The van der Waals surface area contributed by atoms with Crippen molar-refractivity contribution in [1.82, 2.24) is 9.88 Å². The number of likely N-dealkylation sites (N-methyl/N-ethyl adjacent to an activating group) is 1. The molecule has 0 radical (unpaired) electrons. The lowest BCUT2D eigenvalue weighted by Crippen LogP contribution is -2.35. The lowest BCUT2D eigenvalue weighted by atomic mass is 10.1. The quantitative estimate of drug-likeness (QED) is 0.903. The topological polar surface area (TPSA) is 62.3 Å². The first-order valence-corrected chi connectivity index (χ1v) is 7.75. The van der Waals surface area contributed by atoms with Crippen molar-refractivity contribution in [2.24, 2.45) is 0 Å². The molecule has 1 aromatic carbocycles.